The Morgan fingerprint density at radius 1 is 1.20 bits per heavy atom. The predicted molar refractivity (Wildman–Crippen MR) is 76.3 cm³/mol. The number of hydrogen-bond donors (Lipinski definition) is 1. The van der Waals surface area contributed by atoms with E-state index < -0.39 is 10.0 Å². The fourth-order valence-corrected chi connectivity index (χ4v) is 3.30. The van der Waals surface area contributed by atoms with Crippen LogP contribution in [0.3, 0.4) is 0 Å². The second-order valence-corrected chi connectivity index (χ2v) is 6.30. The van der Waals surface area contributed by atoms with Crippen LogP contribution in [0.25, 0.3) is 0 Å². The quantitative estimate of drug-likeness (QED) is 0.883. The average molecular weight is 294 g/mol. The standard InChI is InChI=1S/C14H18N2O3S/c1-2-16(11-13-4-3-9-19-13)20(17,18)14-7-5-12(10-15)6-8-14/h3-9H,2,10-11,15H2,1H3. The third-order valence-corrected chi connectivity index (χ3v) is 5.00. The van der Waals surface area contributed by atoms with Gasteiger partial charge in [-0.25, -0.2) is 8.42 Å². The van der Waals surface area contributed by atoms with Gasteiger partial charge < -0.3 is 10.2 Å². The van der Waals surface area contributed by atoms with E-state index in [4.69, 9.17) is 10.2 Å². The maximum atomic E-state index is 12.5. The maximum absolute atomic E-state index is 12.5. The van der Waals surface area contributed by atoms with Crippen molar-refractivity contribution in [3.8, 4) is 0 Å². The van der Waals surface area contributed by atoms with Gasteiger partial charge in [0.15, 0.2) is 0 Å². The van der Waals surface area contributed by atoms with E-state index in [-0.39, 0.29) is 11.4 Å². The Morgan fingerprint density at radius 3 is 2.40 bits per heavy atom. The monoisotopic (exact) mass is 294 g/mol. The maximum Gasteiger partial charge on any atom is 0.243 e. The van der Waals surface area contributed by atoms with Crippen LogP contribution < -0.4 is 5.73 Å². The van der Waals surface area contributed by atoms with Crippen molar-refractivity contribution < 1.29 is 12.8 Å². The summed E-state index contributed by atoms with van der Waals surface area (Å²) in [6.45, 7) is 2.80. The van der Waals surface area contributed by atoms with E-state index >= 15 is 0 Å². The van der Waals surface area contributed by atoms with Gasteiger partial charge in [-0.15, -0.1) is 0 Å². The number of furan rings is 1. The highest BCUT2D eigenvalue weighted by Crippen LogP contribution is 2.19. The average Bonchev–Trinajstić information content (AvgIpc) is 2.97. The minimum Gasteiger partial charge on any atom is -0.468 e. The van der Waals surface area contributed by atoms with Gasteiger partial charge in [-0.2, -0.15) is 4.31 Å². The Balaban J connectivity index is 2.26. The summed E-state index contributed by atoms with van der Waals surface area (Å²) in [5, 5.41) is 0. The number of rotatable bonds is 6. The number of nitrogens with zero attached hydrogens (tertiary/aromatic N) is 1. The lowest BCUT2D eigenvalue weighted by molar-refractivity contribution is 0.375. The zero-order valence-electron chi connectivity index (χ0n) is 11.3. The molecule has 108 valence electrons. The number of benzene rings is 1. The van der Waals surface area contributed by atoms with Crippen molar-refractivity contribution in [2.24, 2.45) is 5.73 Å². The molecule has 0 unspecified atom stereocenters. The second kappa shape index (κ2) is 6.21. The zero-order chi connectivity index (χ0) is 14.6. The minimum absolute atomic E-state index is 0.227. The highest BCUT2D eigenvalue weighted by atomic mass is 32.2. The molecule has 1 aromatic carbocycles. The van der Waals surface area contributed by atoms with Crippen molar-refractivity contribution in [1.82, 2.24) is 4.31 Å². The molecule has 0 bridgehead atoms. The molecule has 1 aromatic heterocycles. The Labute approximate surface area is 119 Å². The molecule has 0 amide bonds. The highest BCUT2D eigenvalue weighted by molar-refractivity contribution is 7.89. The summed E-state index contributed by atoms with van der Waals surface area (Å²) in [4.78, 5) is 0.267. The van der Waals surface area contributed by atoms with Gasteiger partial charge in [0, 0.05) is 13.1 Å². The van der Waals surface area contributed by atoms with E-state index in [1.165, 1.54) is 10.6 Å². The molecule has 0 aliphatic carbocycles. The summed E-state index contributed by atoms with van der Waals surface area (Å²) >= 11 is 0. The summed E-state index contributed by atoms with van der Waals surface area (Å²) in [5.74, 6) is 0.619. The predicted octanol–water partition coefficient (Wildman–Crippen LogP) is 1.95. The molecule has 0 saturated carbocycles. The first-order valence-corrected chi connectivity index (χ1v) is 7.83. The van der Waals surface area contributed by atoms with E-state index in [9.17, 15) is 8.42 Å². The first-order chi connectivity index (χ1) is 9.57. The van der Waals surface area contributed by atoms with Crippen molar-refractivity contribution in [3.05, 3.63) is 54.0 Å². The van der Waals surface area contributed by atoms with Gasteiger partial charge in [-0.1, -0.05) is 19.1 Å². The van der Waals surface area contributed by atoms with Gasteiger partial charge in [0.1, 0.15) is 5.76 Å². The van der Waals surface area contributed by atoms with Gasteiger partial charge in [0.25, 0.3) is 0 Å². The molecule has 0 radical (unpaired) electrons. The molecule has 6 heteroatoms. The van der Waals surface area contributed by atoms with Crippen molar-refractivity contribution in [3.63, 3.8) is 0 Å². The third-order valence-electron chi connectivity index (χ3n) is 3.06. The zero-order valence-corrected chi connectivity index (χ0v) is 12.1. The lowest BCUT2D eigenvalue weighted by atomic mass is 10.2. The Bertz CT molecular complexity index is 634. The molecule has 2 aromatic rings. The number of hydrogen-bond acceptors (Lipinski definition) is 4. The Kier molecular flexibility index (Phi) is 4.59. The first-order valence-electron chi connectivity index (χ1n) is 6.39. The summed E-state index contributed by atoms with van der Waals surface area (Å²) < 4.78 is 31.7. The van der Waals surface area contributed by atoms with E-state index in [2.05, 4.69) is 0 Å². The van der Waals surface area contributed by atoms with Crippen LogP contribution in [0.15, 0.2) is 52.0 Å². The number of sulfonamides is 1. The fraction of sp³-hybridized carbons (Fsp3) is 0.286. The van der Waals surface area contributed by atoms with Crippen LogP contribution in [0.2, 0.25) is 0 Å². The van der Waals surface area contributed by atoms with E-state index in [1.54, 1.807) is 43.3 Å². The first kappa shape index (κ1) is 14.8. The van der Waals surface area contributed by atoms with Crippen LogP contribution in [-0.2, 0) is 23.1 Å². The van der Waals surface area contributed by atoms with Crippen molar-refractivity contribution >= 4 is 10.0 Å². The van der Waals surface area contributed by atoms with E-state index in [1.807, 2.05) is 0 Å². The topological polar surface area (TPSA) is 76.5 Å². The molecule has 0 aliphatic heterocycles. The highest BCUT2D eigenvalue weighted by Gasteiger charge is 2.23. The van der Waals surface area contributed by atoms with Gasteiger partial charge in [-0.05, 0) is 29.8 Å². The van der Waals surface area contributed by atoms with Gasteiger partial charge in [0.2, 0.25) is 10.0 Å². The van der Waals surface area contributed by atoms with E-state index in [0.29, 0.717) is 18.8 Å². The van der Waals surface area contributed by atoms with Crippen molar-refractivity contribution in [2.75, 3.05) is 6.54 Å². The molecule has 0 spiro atoms. The van der Waals surface area contributed by atoms with Crippen LogP contribution in [0, 0.1) is 0 Å². The van der Waals surface area contributed by atoms with Gasteiger partial charge in [-0.3, -0.25) is 0 Å². The summed E-state index contributed by atoms with van der Waals surface area (Å²) in [7, 11) is -3.52. The van der Waals surface area contributed by atoms with Crippen LogP contribution in [0.4, 0.5) is 0 Å². The normalized spacial score (nSPS) is 11.9. The molecule has 2 N–H and O–H groups in total. The molecule has 0 atom stereocenters. The number of nitrogens with two attached hydrogens (primary N) is 1. The summed E-state index contributed by atoms with van der Waals surface area (Å²) in [6, 6.07) is 10.1. The second-order valence-electron chi connectivity index (χ2n) is 4.36. The van der Waals surface area contributed by atoms with Crippen LogP contribution in [-0.4, -0.2) is 19.3 Å². The molecule has 0 aliphatic rings. The van der Waals surface area contributed by atoms with Gasteiger partial charge in [0.05, 0.1) is 17.7 Å². The minimum atomic E-state index is -3.52. The smallest absolute Gasteiger partial charge is 0.243 e. The largest absolute Gasteiger partial charge is 0.468 e. The molecule has 1 heterocycles. The summed E-state index contributed by atoms with van der Waals surface area (Å²) in [5.41, 5.74) is 6.41. The van der Waals surface area contributed by atoms with Crippen LogP contribution >= 0.6 is 0 Å². The van der Waals surface area contributed by atoms with Crippen LogP contribution in [0.5, 0.6) is 0 Å². The Hall–Kier alpha value is -1.63. The van der Waals surface area contributed by atoms with Crippen molar-refractivity contribution in [1.29, 1.82) is 0 Å². The molecule has 20 heavy (non-hydrogen) atoms. The van der Waals surface area contributed by atoms with E-state index in [0.717, 1.165) is 5.56 Å². The molecule has 0 saturated heterocycles. The molecule has 5 nitrogen and oxygen atoms in total. The third kappa shape index (κ3) is 3.09. The SMILES string of the molecule is CCN(Cc1ccco1)S(=O)(=O)c1ccc(CN)cc1. The Morgan fingerprint density at radius 2 is 1.90 bits per heavy atom. The molecular weight excluding hydrogens is 276 g/mol. The lowest BCUT2D eigenvalue weighted by Crippen LogP contribution is -2.30. The molecule has 0 fully saturated rings. The summed E-state index contributed by atoms with van der Waals surface area (Å²) in [6.07, 6.45) is 1.53. The molecular formula is C14H18N2O3S. The lowest BCUT2D eigenvalue weighted by Gasteiger charge is -2.19. The van der Waals surface area contributed by atoms with Crippen LogP contribution in [0.1, 0.15) is 18.2 Å². The fourth-order valence-electron chi connectivity index (χ4n) is 1.89. The van der Waals surface area contributed by atoms with Gasteiger partial charge >= 0.3 is 0 Å². The van der Waals surface area contributed by atoms with Crippen molar-refractivity contribution in [2.45, 2.75) is 24.9 Å². The molecule has 2 rings (SSSR count).